The van der Waals surface area contributed by atoms with Crippen molar-refractivity contribution < 1.29 is 9.72 Å². The number of thiocarbonyl (C=S) groups is 1. The first-order chi connectivity index (χ1) is 11.4. The van der Waals surface area contributed by atoms with E-state index in [1.165, 1.54) is 17.0 Å². The second-order valence-electron chi connectivity index (χ2n) is 5.25. The van der Waals surface area contributed by atoms with Gasteiger partial charge in [0.15, 0.2) is 5.11 Å². The van der Waals surface area contributed by atoms with Gasteiger partial charge in [-0.3, -0.25) is 19.6 Å². The maximum Gasteiger partial charge on any atom is 0.281 e. The van der Waals surface area contributed by atoms with Gasteiger partial charge in [-0.15, -0.1) is 0 Å². The molecule has 3 rings (SSSR count). The summed E-state index contributed by atoms with van der Waals surface area (Å²) in [6.45, 7) is 1.79. The number of nitro benzene ring substituents is 1. The molecule has 1 N–H and O–H groups in total. The number of nitrogens with zero attached hydrogens (tertiary/aromatic N) is 4. The highest BCUT2D eigenvalue weighted by atomic mass is 32.1. The molecule has 1 aliphatic heterocycles. The number of benzene rings is 1. The number of nitro groups is 1. The largest absolute Gasteiger partial charge is 0.327 e. The van der Waals surface area contributed by atoms with Crippen LogP contribution in [-0.2, 0) is 11.8 Å². The molecular formula is C15H13N5O3S. The molecule has 0 spiro atoms. The van der Waals surface area contributed by atoms with Crippen molar-refractivity contribution in [2.75, 3.05) is 4.90 Å². The predicted molar refractivity (Wildman–Crippen MR) is 92.2 cm³/mol. The second kappa shape index (κ2) is 5.85. The van der Waals surface area contributed by atoms with Gasteiger partial charge < -0.3 is 5.32 Å². The summed E-state index contributed by atoms with van der Waals surface area (Å²) in [5, 5.41) is 18.0. The van der Waals surface area contributed by atoms with Crippen LogP contribution >= 0.6 is 12.2 Å². The number of hydrogen-bond acceptors (Lipinski definition) is 5. The fourth-order valence-electron chi connectivity index (χ4n) is 2.42. The Balaban J connectivity index is 1.91. The maximum atomic E-state index is 12.6. The van der Waals surface area contributed by atoms with E-state index in [2.05, 4.69) is 10.4 Å². The number of aromatic nitrogens is 2. The Morgan fingerprint density at radius 3 is 2.54 bits per heavy atom. The van der Waals surface area contributed by atoms with Crippen molar-refractivity contribution in [1.82, 2.24) is 15.1 Å². The summed E-state index contributed by atoms with van der Waals surface area (Å²) >= 11 is 5.24. The third-order valence-corrected chi connectivity index (χ3v) is 3.81. The monoisotopic (exact) mass is 343 g/mol. The van der Waals surface area contributed by atoms with Crippen LogP contribution in [0, 0.1) is 17.0 Å². The lowest BCUT2D eigenvalue weighted by Crippen LogP contribution is -2.30. The molecule has 1 amide bonds. The molecular weight excluding hydrogens is 330 g/mol. The van der Waals surface area contributed by atoms with Gasteiger partial charge in [-0.05, 0) is 42.9 Å². The molecule has 0 radical (unpaired) electrons. The smallest absolute Gasteiger partial charge is 0.281 e. The Hall–Kier alpha value is -3.07. The predicted octanol–water partition coefficient (Wildman–Crippen LogP) is 1.90. The van der Waals surface area contributed by atoms with E-state index >= 15 is 0 Å². The van der Waals surface area contributed by atoms with Crippen molar-refractivity contribution in [3.63, 3.8) is 0 Å². The first kappa shape index (κ1) is 15.8. The molecule has 2 aromatic rings. The highest BCUT2D eigenvalue weighted by Crippen LogP contribution is 2.25. The van der Waals surface area contributed by atoms with Crippen molar-refractivity contribution in [3.05, 3.63) is 57.5 Å². The minimum absolute atomic E-state index is 0.00834. The van der Waals surface area contributed by atoms with Gasteiger partial charge in [0.05, 0.1) is 16.3 Å². The Labute approximate surface area is 142 Å². The standard InChI is InChI=1S/C15H13N5O3S/c1-9-13(8-18(2)17-9)19-14(21)12(16-15(19)24)7-10-3-5-11(6-4-10)20(22)23/h3-8H,1-2H3,(H,16,24)/b12-7+. The van der Waals surface area contributed by atoms with Crippen molar-refractivity contribution in [2.45, 2.75) is 6.92 Å². The lowest BCUT2D eigenvalue weighted by Gasteiger charge is -2.11. The van der Waals surface area contributed by atoms with E-state index in [1.807, 2.05) is 0 Å². The van der Waals surface area contributed by atoms with Crippen LogP contribution in [0.5, 0.6) is 0 Å². The number of non-ortho nitro benzene ring substituents is 1. The van der Waals surface area contributed by atoms with Crippen LogP contribution in [0.4, 0.5) is 11.4 Å². The number of rotatable bonds is 3. The maximum absolute atomic E-state index is 12.6. The van der Waals surface area contributed by atoms with Crippen LogP contribution in [0.3, 0.4) is 0 Å². The molecule has 1 saturated heterocycles. The average Bonchev–Trinajstić information content (AvgIpc) is 2.98. The normalized spacial score (nSPS) is 15.9. The van der Waals surface area contributed by atoms with Gasteiger partial charge in [-0.1, -0.05) is 0 Å². The van der Waals surface area contributed by atoms with Gasteiger partial charge in [0.1, 0.15) is 5.70 Å². The molecule has 8 nitrogen and oxygen atoms in total. The summed E-state index contributed by atoms with van der Waals surface area (Å²) < 4.78 is 1.61. The lowest BCUT2D eigenvalue weighted by atomic mass is 10.1. The lowest BCUT2D eigenvalue weighted by molar-refractivity contribution is -0.384. The van der Waals surface area contributed by atoms with Crippen LogP contribution in [0.25, 0.3) is 6.08 Å². The average molecular weight is 343 g/mol. The Morgan fingerprint density at radius 1 is 1.33 bits per heavy atom. The van der Waals surface area contributed by atoms with Crippen molar-refractivity contribution in [2.24, 2.45) is 7.05 Å². The van der Waals surface area contributed by atoms with Crippen LogP contribution in [0.1, 0.15) is 11.3 Å². The SMILES string of the molecule is Cc1nn(C)cc1N1C(=O)/C(=C\c2ccc([N+](=O)[O-])cc2)NC1=S. The Bertz CT molecular complexity index is 885. The molecule has 0 bridgehead atoms. The zero-order valence-electron chi connectivity index (χ0n) is 12.9. The summed E-state index contributed by atoms with van der Waals surface area (Å²) in [5.74, 6) is -0.297. The number of carbonyl (C=O) groups is 1. The van der Waals surface area contributed by atoms with Crippen LogP contribution < -0.4 is 10.2 Å². The van der Waals surface area contributed by atoms with Crippen molar-refractivity contribution in [1.29, 1.82) is 0 Å². The Morgan fingerprint density at radius 2 is 2.00 bits per heavy atom. The summed E-state index contributed by atoms with van der Waals surface area (Å²) in [6.07, 6.45) is 3.32. The van der Waals surface area contributed by atoms with Crippen molar-refractivity contribution in [3.8, 4) is 0 Å². The van der Waals surface area contributed by atoms with Crippen LogP contribution in [0.15, 0.2) is 36.2 Å². The molecule has 24 heavy (non-hydrogen) atoms. The first-order valence-corrected chi connectivity index (χ1v) is 7.39. The molecule has 1 aromatic carbocycles. The van der Waals surface area contributed by atoms with Gasteiger partial charge in [0, 0.05) is 25.4 Å². The highest BCUT2D eigenvalue weighted by Gasteiger charge is 2.33. The molecule has 0 saturated carbocycles. The highest BCUT2D eigenvalue weighted by molar-refractivity contribution is 7.80. The summed E-state index contributed by atoms with van der Waals surface area (Å²) in [5.41, 5.74) is 2.26. The zero-order chi connectivity index (χ0) is 17.4. The van der Waals surface area contributed by atoms with Gasteiger partial charge >= 0.3 is 0 Å². The number of carbonyl (C=O) groups excluding carboxylic acids is 1. The van der Waals surface area contributed by atoms with E-state index in [1.54, 1.807) is 43.1 Å². The molecule has 9 heteroatoms. The molecule has 1 fully saturated rings. The molecule has 0 aliphatic carbocycles. The van der Waals surface area contributed by atoms with E-state index in [0.717, 1.165) is 0 Å². The van der Waals surface area contributed by atoms with Crippen LogP contribution in [0.2, 0.25) is 0 Å². The van der Waals surface area contributed by atoms with E-state index in [9.17, 15) is 14.9 Å². The fourth-order valence-corrected chi connectivity index (χ4v) is 2.71. The van der Waals surface area contributed by atoms with Gasteiger partial charge in [-0.2, -0.15) is 5.10 Å². The number of nitrogens with one attached hydrogen (secondary N) is 1. The van der Waals surface area contributed by atoms with Crippen LogP contribution in [-0.4, -0.2) is 25.7 Å². The second-order valence-corrected chi connectivity index (χ2v) is 5.64. The summed E-state index contributed by atoms with van der Waals surface area (Å²) in [6, 6.07) is 5.91. The van der Waals surface area contributed by atoms with Gasteiger partial charge in [0.25, 0.3) is 11.6 Å². The third kappa shape index (κ3) is 2.76. The molecule has 122 valence electrons. The van der Waals surface area contributed by atoms with E-state index < -0.39 is 4.92 Å². The number of amides is 1. The molecule has 2 heterocycles. The number of anilines is 1. The van der Waals surface area contributed by atoms with Gasteiger partial charge in [-0.25, -0.2) is 4.90 Å². The third-order valence-electron chi connectivity index (χ3n) is 3.52. The molecule has 0 atom stereocenters. The summed E-state index contributed by atoms with van der Waals surface area (Å²) in [7, 11) is 1.77. The zero-order valence-corrected chi connectivity index (χ0v) is 13.7. The minimum Gasteiger partial charge on any atom is -0.327 e. The van der Waals surface area contributed by atoms with E-state index in [4.69, 9.17) is 12.2 Å². The quantitative estimate of drug-likeness (QED) is 0.396. The Kier molecular flexibility index (Phi) is 3.86. The summed E-state index contributed by atoms with van der Waals surface area (Å²) in [4.78, 5) is 24.2. The molecule has 1 aromatic heterocycles. The topological polar surface area (TPSA) is 93.3 Å². The van der Waals surface area contributed by atoms with E-state index in [0.29, 0.717) is 22.6 Å². The number of hydrogen-bond donors (Lipinski definition) is 1. The minimum atomic E-state index is -0.474. The van der Waals surface area contributed by atoms with E-state index in [-0.39, 0.29) is 16.7 Å². The number of aryl methyl sites for hydroxylation is 2. The van der Waals surface area contributed by atoms with Gasteiger partial charge in [0.2, 0.25) is 0 Å². The first-order valence-electron chi connectivity index (χ1n) is 6.98. The molecule has 0 unspecified atom stereocenters. The van der Waals surface area contributed by atoms with Crippen molar-refractivity contribution >= 4 is 40.7 Å². The molecule has 1 aliphatic rings. The fraction of sp³-hybridized carbons (Fsp3) is 0.133.